The zero-order valence-corrected chi connectivity index (χ0v) is 20.6. The Bertz CT molecular complexity index is 1050. The minimum absolute atomic E-state index is 0.117. The fourth-order valence-corrected chi connectivity index (χ4v) is 3.92. The van der Waals surface area contributed by atoms with Gasteiger partial charge in [-0.1, -0.05) is 42.0 Å². The van der Waals surface area contributed by atoms with Crippen molar-refractivity contribution < 1.29 is 19.2 Å². The number of carbonyl (C=O) groups is 4. The van der Waals surface area contributed by atoms with Crippen LogP contribution in [0.1, 0.15) is 72.4 Å². The maximum Gasteiger partial charge on any atom is 0.261 e. The van der Waals surface area contributed by atoms with Crippen LogP contribution in [0.15, 0.2) is 48.5 Å². The Morgan fingerprint density at radius 1 is 0.971 bits per heavy atom. The Morgan fingerprint density at radius 2 is 1.53 bits per heavy atom. The van der Waals surface area contributed by atoms with E-state index < -0.39 is 11.6 Å². The lowest BCUT2D eigenvalue weighted by Gasteiger charge is -2.31. The molecule has 1 atom stereocenters. The van der Waals surface area contributed by atoms with Crippen LogP contribution < -0.4 is 5.32 Å². The summed E-state index contributed by atoms with van der Waals surface area (Å²) in [7, 11) is 0. The van der Waals surface area contributed by atoms with Gasteiger partial charge in [0.15, 0.2) is 0 Å². The first-order valence-corrected chi connectivity index (χ1v) is 11.6. The molecule has 0 fully saturated rings. The van der Waals surface area contributed by atoms with Gasteiger partial charge in [-0.05, 0) is 58.7 Å². The number of benzene rings is 2. The van der Waals surface area contributed by atoms with Crippen molar-refractivity contribution in [1.29, 1.82) is 0 Å². The third-order valence-electron chi connectivity index (χ3n) is 5.79. The second-order valence-electron chi connectivity index (χ2n) is 9.83. The van der Waals surface area contributed by atoms with E-state index >= 15 is 0 Å². The Hall–Kier alpha value is -3.48. The van der Waals surface area contributed by atoms with Crippen molar-refractivity contribution in [2.75, 3.05) is 6.54 Å². The second kappa shape index (κ2) is 10.2. The summed E-state index contributed by atoms with van der Waals surface area (Å²) in [6.07, 6.45) is 0.439. The van der Waals surface area contributed by atoms with E-state index in [9.17, 15) is 19.2 Å². The van der Waals surface area contributed by atoms with Crippen molar-refractivity contribution in [3.05, 3.63) is 70.8 Å². The number of nitrogens with zero attached hydrogens (tertiary/aromatic N) is 2. The number of hydrogen-bond acceptors (Lipinski definition) is 4. The lowest BCUT2D eigenvalue weighted by molar-refractivity contribution is -0.141. The molecule has 1 heterocycles. The monoisotopic (exact) mass is 463 g/mol. The molecule has 0 bridgehead atoms. The molecule has 0 saturated heterocycles. The van der Waals surface area contributed by atoms with Crippen LogP contribution in [0.3, 0.4) is 0 Å². The predicted molar refractivity (Wildman–Crippen MR) is 130 cm³/mol. The molecule has 7 nitrogen and oxygen atoms in total. The Kier molecular flexibility index (Phi) is 7.54. The van der Waals surface area contributed by atoms with Crippen LogP contribution >= 0.6 is 0 Å². The largest absolute Gasteiger partial charge is 0.350 e. The standard InChI is InChI=1S/C27H33N3O4/c1-18-12-14-20(15-13-18)17-30(19(2)24(32)28-27(3,4)5)23(31)11-8-16-29-25(33)21-9-6-7-10-22(21)26(29)34/h6-7,9-10,12-15,19H,8,11,16-17H2,1-5H3,(H,28,32)/t19-/m1/s1. The number of nitrogens with one attached hydrogen (secondary N) is 1. The van der Waals surface area contributed by atoms with Gasteiger partial charge in [0.1, 0.15) is 6.04 Å². The van der Waals surface area contributed by atoms with Crippen LogP contribution in [0, 0.1) is 6.92 Å². The highest BCUT2D eigenvalue weighted by molar-refractivity contribution is 6.21. The number of carbonyl (C=O) groups excluding carboxylic acids is 4. The molecule has 0 aliphatic carbocycles. The van der Waals surface area contributed by atoms with E-state index in [-0.39, 0.29) is 36.6 Å². The van der Waals surface area contributed by atoms with Gasteiger partial charge in [0, 0.05) is 25.0 Å². The maximum absolute atomic E-state index is 13.2. The van der Waals surface area contributed by atoms with Gasteiger partial charge in [-0.25, -0.2) is 0 Å². The van der Waals surface area contributed by atoms with Gasteiger partial charge in [-0.15, -0.1) is 0 Å². The van der Waals surface area contributed by atoms with Gasteiger partial charge in [0.25, 0.3) is 11.8 Å². The van der Waals surface area contributed by atoms with Gasteiger partial charge < -0.3 is 10.2 Å². The molecule has 0 unspecified atom stereocenters. The molecule has 2 aromatic rings. The molecule has 180 valence electrons. The van der Waals surface area contributed by atoms with Crippen molar-refractivity contribution in [2.45, 2.75) is 65.6 Å². The quantitative estimate of drug-likeness (QED) is 0.605. The average molecular weight is 464 g/mol. The van der Waals surface area contributed by atoms with E-state index in [0.717, 1.165) is 11.1 Å². The summed E-state index contributed by atoms with van der Waals surface area (Å²) in [6.45, 7) is 9.84. The van der Waals surface area contributed by atoms with Gasteiger partial charge in [-0.2, -0.15) is 0 Å². The van der Waals surface area contributed by atoms with Crippen LogP contribution in [0.25, 0.3) is 0 Å². The SMILES string of the molecule is Cc1ccc(CN(C(=O)CCCN2C(=O)c3ccccc3C2=O)[C@H](C)C(=O)NC(C)(C)C)cc1. The number of fused-ring (bicyclic) bond motifs is 1. The predicted octanol–water partition coefficient (Wildman–Crippen LogP) is 3.70. The molecule has 0 saturated carbocycles. The molecular weight excluding hydrogens is 430 g/mol. The lowest BCUT2D eigenvalue weighted by Crippen LogP contribution is -2.52. The number of rotatable bonds is 8. The van der Waals surface area contributed by atoms with Crippen molar-refractivity contribution in [3.8, 4) is 0 Å². The van der Waals surface area contributed by atoms with E-state index in [0.29, 0.717) is 24.1 Å². The fraction of sp³-hybridized carbons (Fsp3) is 0.407. The molecule has 2 aromatic carbocycles. The average Bonchev–Trinajstić information content (AvgIpc) is 3.02. The number of aryl methyl sites for hydroxylation is 1. The lowest BCUT2D eigenvalue weighted by atomic mass is 10.1. The number of imide groups is 1. The Labute approximate surface area is 201 Å². The summed E-state index contributed by atoms with van der Waals surface area (Å²) in [5.41, 5.74) is 2.41. The van der Waals surface area contributed by atoms with Crippen molar-refractivity contribution in [3.63, 3.8) is 0 Å². The molecule has 1 aliphatic rings. The molecular formula is C27H33N3O4. The van der Waals surface area contributed by atoms with Crippen LogP contribution in [-0.2, 0) is 16.1 Å². The first-order valence-electron chi connectivity index (χ1n) is 11.6. The van der Waals surface area contributed by atoms with Crippen molar-refractivity contribution in [1.82, 2.24) is 15.1 Å². The third kappa shape index (κ3) is 5.90. The minimum Gasteiger partial charge on any atom is -0.350 e. The van der Waals surface area contributed by atoms with Gasteiger partial charge in [0.2, 0.25) is 11.8 Å². The normalized spacial score (nSPS) is 14.1. The molecule has 1 aliphatic heterocycles. The number of amides is 4. The number of hydrogen-bond donors (Lipinski definition) is 1. The molecule has 0 spiro atoms. The zero-order valence-electron chi connectivity index (χ0n) is 20.6. The summed E-state index contributed by atoms with van der Waals surface area (Å²) >= 11 is 0. The molecule has 4 amide bonds. The summed E-state index contributed by atoms with van der Waals surface area (Å²) in [6, 6.07) is 13.9. The molecule has 3 rings (SSSR count). The smallest absolute Gasteiger partial charge is 0.261 e. The molecule has 34 heavy (non-hydrogen) atoms. The van der Waals surface area contributed by atoms with E-state index in [1.54, 1.807) is 36.1 Å². The Morgan fingerprint density at radius 3 is 2.06 bits per heavy atom. The third-order valence-corrected chi connectivity index (χ3v) is 5.79. The van der Waals surface area contributed by atoms with Crippen LogP contribution in [-0.4, -0.2) is 51.6 Å². The maximum atomic E-state index is 13.2. The second-order valence-corrected chi connectivity index (χ2v) is 9.83. The Balaban J connectivity index is 1.68. The highest BCUT2D eigenvalue weighted by Crippen LogP contribution is 2.23. The molecule has 1 N–H and O–H groups in total. The molecule has 0 aromatic heterocycles. The van der Waals surface area contributed by atoms with Crippen LogP contribution in [0.5, 0.6) is 0 Å². The van der Waals surface area contributed by atoms with Crippen LogP contribution in [0.2, 0.25) is 0 Å². The highest BCUT2D eigenvalue weighted by atomic mass is 16.2. The van der Waals surface area contributed by atoms with Crippen LogP contribution in [0.4, 0.5) is 0 Å². The fourth-order valence-electron chi connectivity index (χ4n) is 3.92. The van der Waals surface area contributed by atoms with Gasteiger partial charge >= 0.3 is 0 Å². The van der Waals surface area contributed by atoms with E-state index in [1.165, 1.54) is 4.90 Å². The van der Waals surface area contributed by atoms with E-state index in [1.807, 2.05) is 52.0 Å². The topological polar surface area (TPSA) is 86.8 Å². The first kappa shape index (κ1) is 25.1. The van der Waals surface area contributed by atoms with Crippen molar-refractivity contribution in [2.24, 2.45) is 0 Å². The van der Waals surface area contributed by atoms with Gasteiger partial charge in [0.05, 0.1) is 11.1 Å². The summed E-state index contributed by atoms with van der Waals surface area (Å²) in [5.74, 6) is -1.09. The van der Waals surface area contributed by atoms with E-state index in [4.69, 9.17) is 0 Å². The van der Waals surface area contributed by atoms with Gasteiger partial charge in [-0.3, -0.25) is 24.1 Å². The highest BCUT2D eigenvalue weighted by Gasteiger charge is 2.35. The molecule has 0 radical (unpaired) electrons. The van der Waals surface area contributed by atoms with Crippen molar-refractivity contribution >= 4 is 23.6 Å². The van der Waals surface area contributed by atoms with E-state index in [2.05, 4.69) is 5.32 Å². The molecule has 7 heteroatoms. The summed E-state index contributed by atoms with van der Waals surface area (Å²) in [5, 5.41) is 2.94. The summed E-state index contributed by atoms with van der Waals surface area (Å²) in [4.78, 5) is 54.0. The summed E-state index contributed by atoms with van der Waals surface area (Å²) < 4.78 is 0. The minimum atomic E-state index is -0.674. The first-order chi connectivity index (χ1) is 16.0. The zero-order chi connectivity index (χ0) is 25.0.